The third-order valence-electron chi connectivity index (χ3n) is 3.91. The normalized spacial score (nSPS) is 10.8. The van der Waals surface area contributed by atoms with Crippen LogP contribution in [0.25, 0.3) is 11.1 Å². The van der Waals surface area contributed by atoms with Crippen molar-refractivity contribution in [1.29, 1.82) is 0 Å². The van der Waals surface area contributed by atoms with Gasteiger partial charge >= 0.3 is 11.9 Å². The summed E-state index contributed by atoms with van der Waals surface area (Å²) in [6.45, 7) is 2.10. The molecule has 0 radical (unpaired) electrons. The Labute approximate surface area is 171 Å². The number of hydrogen-bond acceptors (Lipinski definition) is 7. The molecule has 0 saturated heterocycles. The minimum atomic E-state index is -0.969. The maximum Gasteiger partial charge on any atom is 0.336 e. The first-order valence-electron chi connectivity index (χ1n) is 8.88. The molecule has 0 aliphatic rings. The standard InChI is InChI=1S/C21H19N3O4S/c1-2-28-19(25)11-16-13-29-21(23-16)24-22-12-14-6-5-7-15(10-14)17-8-3-4-9-18(17)20(26)27/h3-10,12-13H,2,11H2,1H3,(H,23,24)(H,26,27). The zero-order chi connectivity index (χ0) is 20.6. The summed E-state index contributed by atoms with van der Waals surface area (Å²) in [5.74, 6) is -1.28. The van der Waals surface area contributed by atoms with Gasteiger partial charge in [-0.15, -0.1) is 11.3 Å². The average Bonchev–Trinajstić information content (AvgIpc) is 3.15. The average molecular weight is 409 g/mol. The molecule has 0 spiro atoms. The van der Waals surface area contributed by atoms with Crippen LogP contribution in [-0.2, 0) is 16.0 Å². The highest BCUT2D eigenvalue weighted by Gasteiger charge is 2.11. The van der Waals surface area contributed by atoms with Crippen molar-refractivity contribution >= 4 is 34.6 Å². The van der Waals surface area contributed by atoms with E-state index in [1.165, 1.54) is 11.3 Å². The topological polar surface area (TPSA) is 101 Å². The number of hydrogen-bond donors (Lipinski definition) is 2. The van der Waals surface area contributed by atoms with E-state index in [0.717, 1.165) is 11.1 Å². The van der Waals surface area contributed by atoms with E-state index < -0.39 is 5.97 Å². The van der Waals surface area contributed by atoms with E-state index in [-0.39, 0.29) is 18.0 Å². The van der Waals surface area contributed by atoms with Crippen molar-refractivity contribution in [3.8, 4) is 11.1 Å². The van der Waals surface area contributed by atoms with E-state index in [1.807, 2.05) is 24.3 Å². The fourth-order valence-corrected chi connectivity index (χ4v) is 3.33. The summed E-state index contributed by atoms with van der Waals surface area (Å²) in [5.41, 5.74) is 5.95. The minimum Gasteiger partial charge on any atom is -0.478 e. The maximum absolute atomic E-state index is 11.5. The van der Waals surface area contributed by atoms with Gasteiger partial charge in [0.2, 0.25) is 5.13 Å². The van der Waals surface area contributed by atoms with Gasteiger partial charge in [-0.3, -0.25) is 10.2 Å². The van der Waals surface area contributed by atoms with Crippen molar-refractivity contribution in [1.82, 2.24) is 4.98 Å². The molecule has 29 heavy (non-hydrogen) atoms. The number of carbonyl (C=O) groups is 2. The Hall–Kier alpha value is -3.52. The number of carboxylic acid groups (broad SMARTS) is 1. The lowest BCUT2D eigenvalue weighted by Gasteiger charge is -2.06. The molecule has 0 fully saturated rings. The molecule has 0 unspecified atom stereocenters. The van der Waals surface area contributed by atoms with Gasteiger partial charge in [-0.1, -0.05) is 36.4 Å². The predicted molar refractivity (Wildman–Crippen MR) is 113 cm³/mol. The van der Waals surface area contributed by atoms with Gasteiger partial charge in [0.15, 0.2) is 0 Å². The third kappa shape index (κ3) is 5.49. The molecule has 8 heteroatoms. The van der Waals surface area contributed by atoms with Crippen LogP contribution in [0.15, 0.2) is 59.0 Å². The lowest BCUT2D eigenvalue weighted by atomic mass is 9.98. The Balaban J connectivity index is 1.68. The Bertz CT molecular complexity index is 1050. The van der Waals surface area contributed by atoms with Crippen LogP contribution in [0, 0.1) is 0 Å². The summed E-state index contributed by atoms with van der Waals surface area (Å²) in [4.78, 5) is 27.2. The number of rotatable bonds is 8. The van der Waals surface area contributed by atoms with Crippen LogP contribution in [0.2, 0.25) is 0 Å². The molecule has 0 aliphatic heterocycles. The number of nitrogens with zero attached hydrogens (tertiary/aromatic N) is 2. The number of esters is 1. The van der Waals surface area contributed by atoms with Crippen LogP contribution in [-0.4, -0.2) is 34.9 Å². The molecule has 2 N–H and O–H groups in total. The maximum atomic E-state index is 11.5. The summed E-state index contributed by atoms with van der Waals surface area (Å²) in [6, 6.07) is 14.3. The van der Waals surface area contributed by atoms with E-state index in [9.17, 15) is 14.7 Å². The zero-order valence-electron chi connectivity index (χ0n) is 15.7. The highest BCUT2D eigenvalue weighted by molar-refractivity contribution is 7.13. The first-order valence-corrected chi connectivity index (χ1v) is 9.76. The highest BCUT2D eigenvalue weighted by atomic mass is 32.1. The van der Waals surface area contributed by atoms with Crippen LogP contribution < -0.4 is 5.43 Å². The number of ether oxygens (including phenoxy) is 1. The number of thiazole rings is 1. The van der Waals surface area contributed by atoms with Crippen LogP contribution in [0.3, 0.4) is 0 Å². The first kappa shape index (κ1) is 20.2. The summed E-state index contributed by atoms with van der Waals surface area (Å²) >= 11 is 1.34. The van der Waals surface area contributed by atoms with E-state index >= 15 is 0 Å². The van der Waals surface area contributed by atoms with Crippen molar-refractivity contribution in [2.45, 2.75) is 13.3 Å². The second-order valence-electron chi connectivity index (χ2n) is 5.97. The molecule has 148 valence electrons. The fourth-order valence-electron chi connectivity index (χ4n) is 2.67. The molecule has 0 saturated carbocycles. The van der Waals surface area contributed by atoms with Crippen molar-refractivity contribution in [3.63, 3.8) is 0 Å². The number of aromatic nitrogens is 1. The summed E-state index contributed by atoms with van der Waals surface area (Å²) in [7, 11) is 0. The monoisotopic (exact) mass is 409 g/mol. The number of carbonyl (C=O) groups excluding carboxylic acids is 1. The van der Waals surface area contributed by atoms with Crippen LogP contribution in [0.5, 0.6) is 0 Å². The molecule has 0 amide bonds. The predicted octanol–water partition coefficient (Wildman–Crippen LogP) is 4.06. The van der Waals surface area contributed by atoms with Crippen molar-refractivity contribution in [2.75, 3.05) is 12.0 Å². The molecule has 7 nitrogen and oxygen atoms in total. The number of hydrazone groups is 1. The second kappa shape index (κ2) is 9.61. The second-order valence-corrected chi connectivity index (χ2v) is 6.83. The van der Waals surface area contributed by atoms with Gasteiger partial charge in [0.1, 0.15) is 0 Å². The van der Waals surface area contributed by atoms with E-state index in [0.29, 0.717) is 23.0 Å². The van der Waals surface area contributed by atoms with Gasteiger partial charge in [0.05, 0.1) is 30.5 Å². The fraction of sp³-hybridized carbons (Fsp3) is 0.143. The largest absolute Gasteiger partial charge is 0.478 e. The van der Waals surface area contributed by atoms with Crippen LogP contribution in [0.1, 0.15) is 28.5 Å². The third-order valence-corrected chi connectivity index (χ3v) is 4.71. The summed E-state index contributed by atoms with van der Waals surface area (Å²) in [6.07, 6.45) is 1.75. The first-order chi connectivity index (χ1) is 14.1. The number of aromatic carboxylic acids is 1. The Morgan fingerprint density at radius 3 is 2.86 bits per heavy atom. The van der Waals surface area contributed by atoms with Gasteiger partial charge < -0.3 is 9.84 Å². The smallest absolute Gasteiger partial charge is 0.336 e. The van der Waals surface area contributed by atoms with Crippen molar-refractivity contribution in [2.24, 2.45) is 5.10 Å². The lowest BCUT2D eigenvalue weighted by Crippen LogP contribution is -2.07. The molecule has 2 aromatic carbocycles. The van der Waals surface area contributed by atoms with Gasteiger partial charge in [0.25, 0.3) is 0 Å². The van der Waals surface area contributed by atoms with Crippen molar-refractivity contribution in [3.05, 3.63) is 70.7 Å². The Kier molecular flexibility index (Phi) is 6.70. The molecule has 3 aromatic rings. The molecule has 0 aliphatic carbocycles. The molecule has 0 bridgehead atoms. The summed E-state index contributed by atoms with van der Waals surface area (Å²) in [5, 5.41) is 15.9. The number of benzene rings is 2. The quantitative estimate of drug-likeness (QED) is 0.331. The number of anilines is 1. The number of nitrogens with one attached hydrogen (secondary N) is 1. The molecule has 1 aromatic heterocycles. The summed E-state index contributed by atoms with van der Waals surface area (Å²) < 4.78 is 4.90. The molecule has 1 heterocycles. The van der Waals surface area contributed by atoms with E-state index in [1.54, 1.807) is 42.8 Å². The molecular formula is C21H19N3O4S. The number of carboxylic acids is 1. The lowest BCUT2D eigenvalue weighted by molar-refractivity contribution is -0.142. The zero-order valence-corrected chi connectivity index (χ0v) is 16.5. The van der Waals surface area contributed by atoms with Gasteiger partial charge in [0, 0.05) is 5.38 Å². The Morgan fingerprint density at radius 1 is 1.24 bits per heavy atom. The van der Waals surface area contributed by atoms with Gasteiger partial charge in [-0.25, -0.2) is 9.78 Å². The SMILES string of the molecule is CCOC(=O)Cc1csc(NN=Cc2cccc(-c3ccccc3C(=O)O)c2)n1. The van der Waals surface area contributed by atoms with Crippen LogP contribution in [0.4, 0.5) is 5.13 Å². The van der Waals surface area contributed by atoms with Crippen LogP contribution >= 0.6 is 11.3 Å². The molecule has 0 atom stereocenters. The molecule has 3 rings (SSSR count). The van der Waals surface area contributed by atoms with E-state index in [2.05, 4.69) is 15.5 Å². The minimum absolute atomic E-state index is 0.126. The Morgan fingerprint density at radius 2 is 2.07 bits per heavy atom. The van der Waals surface area contributed by atoms with Gasteiger partial charge in [-0.05, 0) is 35.7 Å². The van der Waals surface area contributed by atoms with Crippen molar-refractivity contribution < 1.29 is 19.4 Å². The highest BCUT2D eigenvalue weighted by Crippen LogP contribution is 2.24. The van der Waals surface area contributed by atoms with Gasteiger partial charge in [-0.2, -0.15) is 5.10 Å². The van der Waals surface area contributed by atoms with E-state index in [4.69, 9.17) is 4.74 Å². The molecular weight excluding hydrogens is 390 g/mol.